The van der Waals surface area contributed by atoms with Crippen LogP contribution in [-0.4, -0.2) is 26.7 Å². The highest BCUT2D eigenvalue weighted by Gasteiger charge is 2.48. The molecule has 0 unspecified atom stereocenters. The van der Waals surface area contributed by atoms with Crippen molar-refractivity contribution in [2.24, 2.45) is 11.8 Å². The summed E-state index contributed by atoms with van der Waals surface area (Å²) in [4.78, 5) is 16.3. The fourth-order valence-electron chi connectivity index (χ4n) is 2.95. The summed E-state index contributed by atoms with van der Waals surface area (Å²) >= 11 is 5.82. The first-order chi connectivity index (χ1) is 10.8. The molecular formula is C14H14ClF3N4O. The Hall–Kier alpha value is -1.83. The van der Waals surface area contributed by atoms with E-state index >= 15 is 0 Å². The number of nitrogens with one attached hydrogen (secondary N) is 1. The molecule has 1 N–H and O–H groups in total. The molecule has 1 fully saturated rings. The molecule has 2 heterocycles. The average molecular weight is 347 g/mol. The van der Waals surface area contributed by atoms with Crippen molar-refractivity contribution in [1.29, 1.82) is 0 Å². The van der Waals surface area contributed by atoms with E-state index in [-0.39, 0.29) is 18.8 Å². The van der Waals surface area contributed by atoms with Gasteiger partial charge in [0.05, 0.1) is 10.9 Å². The molecule has 0 radical (unpaired) electrons. The topological polar surface area (TPSA) is 59.3 Å². The molecule has 9 heteroatoms. The van der Waals surface area contributed by atoms with E-state index in [0.29, 0.717) is 23.5 Å². The number of nitrogens with zero attached hydrogens (tertiary/aromatic N) is 3. The van der Waals surface area contributed by atoms with Gasteiger partial charge in [-0.25, -0.2) is 4.52 Å². The molecule has 0 aliphatic heterocycles. The molecule has 1 aliphatic carbocycles. The zero-order valence-electron chi connectivity index (χ0n) is 12.0. The van der Waals surface area contributed by atoms with Crippen LogP contribution in [0.5, 0.6) is 0 Å². The molecule has 3 rings (SSSR count). The summed E-state index contributed by atoms with van der Waals surface area (Å²) < 4.78 is 40.6. The number of aromatic nitrogens is 3. The second-order valence-corrected chi connectivity index (χ2v) is 6.05. The lowest BCUT2D eigenvalue weighted by molar-refractivity contribution is -0.197. The van der Waals surface area contributed by atoms with Crippen molar-refractivity contribution in [3.63, 3.8) is 0 Å². The normalized spacial score (nSPS) is 22.3. The van der Waals surface area contributed by atoms with Gasteiger partial charge in [0.15, 0.2) is 5.65 Å². The standard InChI is InChI=1S/C14H14ClF3N4O/c15-8-5-6-11-19-13(21-22(11)7-8)20-12(23)9-3-1-2-4-10(9)14(16,17)18/h5-7,9-10H,1-4H2,(H,20,21,23)/t9-,10-/m1/s1. The Labute approximate surface area is 134 Å². The van der Waals surface area contributed by atoms with Crippen molar-refractivity contribution in [3.8, 4) is 0 Å². The van der Waals surface area contributed by atoms with Crippen LogP contribution in [0.15, 0.2) is 18.3 Å². The number of pyridine rings is 1. The molecule has 0 saturated heterocycles. The number of halogens is 4. The molecule has 0 spiro atoms. The summed E-state index contributed by atoms with van der Waals surface area (Å²) in [7, 11) is 0. The van der Waals surface area contributed by atoms with E-state index in [1.54, 1.807) is 12.1 Å². The second-order valence-electron chi connectivity index (χ2n) is 5.61. The first-order valence-electron chi connectivity index (χ1n) is 7.24. The molecular weight excluding hydrogens is 333 g/mol. The highest BCUT2D eigenvalue weighted by molar-refractivity contribution is 6.30. The number of amides is 1. The van der Waals surface area contributed by atoms with Gasteiger partial charge in [-0.15, -0.1) is 5.10 Å². The Balaban J connectivity index is 1.78. The predicted molar refractivity (Wildman–Crippen MR) is 78.1 cm³/mol. The minimum absolute atomic E-state index is 0.0181. The van der Waals surface area contributed by atoms with Crippen LogP contribution < -0.4 is 5.32 Å². The Bertz CT molecular complexity index is 730. The van der Waals surface area contributed by atoms with Crippen molar-refractivity contribution >= 4 is 29.1 Å². The summed E-state index contributed by atoms with van der Waals surface area (Å²) in [5.74, 6) is -3.42. The Morgan fingerprint density at radius 2 is 2.04 bits per heavy atom. The number of fused-ring (bicyclic) bond motifs is 1. The van der Waals surface area contributed by atoms with Crippen LogP contribution in [0.25, 0.3) is 5.65 Å². The van der Waals surface area contributed by atoms with E-state index in [2.05, 4.69) is 15.4 Å². The van der Waals surface area contributed by atoms with Crippen LogP contribution in [0, 0.1) is 11.8 Å². The Morgan fingerprint density at radius 1 is 1.30 bits per heavy atom. The van der Waals surface area contributed by atoms with Crippen LogP contribution >= 0.6 is 11.6 Å². The van der Waals surface area contributed by atoms with Crippen LogP contribution in [-0.2, 0) is 4.79 Å². The van der Waals surface area contributed by atoms with Crippen LogP contribution in [0.2, 0.25) is 5.02 Å². The monoisotopic (exact) mass is 346 g/mol. The third-order valence-electron chi connectivity index (χ3n) is 4.05. The summed E-state index contributed by atoms with van der Waals surface area (Å²) in [5, 5.41) is 6.84. The number of carbonyl (C=O) groups is 1. The third kappa shape index (κ3) is 3.41. The quantitative estimate of drug-likeness (QED) is 0.902. The zero-order chi connectivity index (χ0) is 16.6. The first-order valence-corrected chi connectivity index (χ1v) is 7.62. The van der Waals surface area contributed by atoms with E-state index < -0.39 is 23.9 Å². The molecule has 0 bridgehead atoms. The van der Waals surface area contributed by atoms with Gasteiger partial charge in [0.2, 0.25) is 11.9 Å². The minimum Gasteiger partial charge on any atom is -0.293 e. The summed E-state index contributed by atoms with van der Waals surface area (Å²) in [6.45, 7) is 0. The molecule has 2 aromatic heterocycles. The van der Waals surface area contributed by atoms with E-state index in [1.165, 1.54) is 10.7 Å². The number of hydrogen-bond acceptors (Lipinski definition) is 3. The Kier molecular flexibility index (Phi) is 4.18. The van der Waals surface area contributed by atoms with Crippen LogP contribution in [0.1, 0.15) is 25.7 Å². The van der Waals surface area contributed by atoms with Gasteiger partial charge in [-0.1, -0.05) is 24.4 Å². The zero-order valence-corrected chi connectivity index (χ0v) is 12.7. The van der Waals surface area contributed by atoms with Gasteiger partial charge in [0.1, 0.15) is 0 Å². The summed E-state index contributed by atoms with van der Waals surface area (Å²) in [6, 6.07) is 3.21. The van der Waals surface area contributed by atoms with Crippen LogP contribution in [0.3, 0.4) is 0 Å². The van der Waals surface area contributed by atoms with Crippen molar-refractivity contribution < 1.29 is 18.0 Å². The molecule has 124 valence electrons. The third-order valence-corrected chi connectivity index (χ3v) is 4.28. The largest absolute Gasteiger partial charge is 0.392 e. The average Bonchev–Trinajstić information content (AvgIpc) is 2.87. The maximum Gasteiger partial charge on any atom is 0.392 e. The van der Waals surface area contributed by atoms with E-state index in [0.717, 1.165) is 0 Å². The summed E-state index contributed by atoms with van der Waals surface area (Å²) in [6.07, 6.45) is -1.58. The molecule has 0 aromatic carbocycles. The smallest absolute Gasteiger partial charge is 0.293 e. The fraction of sp³-hybridized carbons (Fsp3) is 0.500. The van der Waals surface area contributed by atoms with Crippen molar-refractivity contribution in [2.45, 2.75) is 31.9 Å². The number of hydrogen-bond donors (Lipinski definition) is 1. The number of carbonyl (C=O) groups excluding carboxylic acids is 1. The van der Waals surface area contributed by atoms with Gasteiger partial charge in [0, 0.05) is 12.1 Å². The minimum atomic E-state index is -4.37. The SMILES string of the molecule is O=C(Nc1nc2ccc(Cl)cn2n1)[C@@H]1CCCC[C@H]1C(F)(F)F. The number of alkyl halides is 3. The molecule has 23 heavy (non-hydrogen) atoms. The van der Waals surface area contributed by atoms with Crippen molar-refractivity contribution in [1.82, 2.24) is 14.6 Å². The fourth-order valence-corrected chi connectivity index (χ4v) is 3.11. The van der Waals surface area contributed by atoms with Gasteiger partial charge in [-0.3, -0.25) is 10.1 Å². The lowest BCUT2D eigenvalue weighted by Crippen LogP contribution is -2.39. The predicted octanol–water partition coefficient (Wildman–Crippen LogP) is 3.69. The Morgan fingerprint density at radius 3 is 2.78 bits per heavy atom. The lowest BCUT2D eigenvalue weighted by atomic mass is 9.78. The maximum atomic E-state index is 13.1. The maximum absolute atomic E-state index is 13.1. The van der Waals surface area contributed by atoms with Crippen LogP contribution in [0.4, 0.5) is 19.1 Å². The highest BCUT2D eigenvalue weighted by atomic mass is 35.5. The van der Waals surface area contributed by atoms with Gasteiger partial charge in [0.25, 0.3) is 0 Å². The van der Waals surface area contributed by atoms with E-state index in [1.807, 2.05) is 0 Å². The molecule has 5 nitrogen and oxygen atoms in total. The molecule has 1 amide bonds. The molecule has 2 aromatic rings. The van der Waals surface area contributed by atoms with Crippen molar-refractivity contribution in [3.05, 3.63) is 23.4 Å². The van der Waals surface area contributed by atoms with E-state index in [9.17, 15) is 18.0 Å². The van der Waals surface area contributed by atoms with Crippen molar-refractivity contribution in [2.75, 3.05) is 5.32 Å². The number of rotatable bonds is 2. The van der Waals surface area contributed by atoms with Gasteiger partial charge in [-0.05, 0) is 25.0 Å². The van der Waals surface area contributed by atoms with Gasteiger partial charge in [-0.2, -0.15) is 18.2 Å². The molecule has 1 aliphatic rings. The second kappa shape index (κ2) is 5.99. The number of anilines is 1. The summed E-state index contributed by atoms with van der Waals surface area (Å²) in [5.41, 5.74) is 0.445. The van der Waals surface area contributed by atoms with Gasteiger partial charge >= 0.3 is 6.18 Å². The molecule has 1 saturated carbocycles. The molecule has 2 atom stereocenters. The van der Waals surface area contributed by atoms with Gasteiger partial charge < -0.3 is 0 Å². The first kappa shape index (κ1) is 16.0. The highest BCUT2D eigenvalue weighted by Crippen LogP contribution is 2.41. The lowest BCUT2D eigenvalue weighted by Gasteiger charge is -2.31. The van der Waals surface area contributed by atoms with E-state index in [4.69, 9.17) is 11.6 Å².